The number of ether oxygens (including phenoxy) is 2. The van der Waals surface area contributed by atoms with Gasteiger partial charge < -0.3 is 25.8 Å². The van der Waals surface area contributed by atoms with Gasteiger partial charge in [-0.2, -0.15) is 0 Å². The fourth-order valence-corrected chi connectivity index (χ4v) is 1.96. The molecule has 1 unspecified atom stereocenters. The van der Waals surface area contributed by atoms with E-state index in [2.05, 4.69) is 20.6 Å². The van der Waals surface area contributed by atoms with Crippen LogP contribution in [-0.2, 0) is 9.47 Å². The summed E-state index contributed by atoms with van der Waals surface area (Å²) in [6.45, 7) is 2.82. The van der Waals surface area contributed by atoms with Crippen molar-refractivity contribution in [2.75, 3.05) is 49.8 Å². The van der Waals surface area contributed by atoms with Crippen LogP contribution < -0.4 is 16.4 Å². The summed E-state index contributed by atoms with van der Waals surface area (Å²) in [5.41, 5.74) is 6.54. The molecule has 1 aromatic heterocycles. The first kappa shape index (κ1) is 13.8. The summed E-state index contributed by atoms with van der Waals surface area (Å²) in [7, 11) is 1.65. The quantitative estimate of drug-likeness (QED) is 0.626. The molecule has 4 N–H and O–H groups in total. The van der Waals surface area contributed by atoms with Crippen molar-refractivity contribution >= 4 is 17.3 Å². The van der Waals surface area contributed by atoms with Gasteiger partial charge in [-0.05, 0) is 12.8 Å². The van der Waals surface area contributed by atoms with Gasteiger partial charge in [0.05, 0.1) is 12.7 Å². The van der Waals surface area contributed by atoms with E-state index in [0.717, 1.165) is 26.0 Å². The second-order valence-corrected chi connectivity index (χ2v) is 4.42. The Morgan fingerprint density at radius 3 is 2.89 bits per heavy atom. The molecule has 7 nitrogen and oxygen atoms in total. The van der Waals surface area contributed by atoms with Crippen molar-refractivity contribution in [3.63, 3.8) is 0 Å². The molecular formula is C12H21N5O2. The third-order valence-corrected chi connectivity index (χ3v) is 3.00. The van der Waals surface area contributed by atoms with E-state index in [1.807, 2.05) is 0 Å². The van der Waals surface area contributed by atoms with Gasteiger partial charge in [0.2, 0.25) is 0 Å². The monoisotopic (exact) mass is 267 g/mol. The largest absolute Gasteiger partial charge is 0.393 e. The van der Waals surface area contributed by atoms with Crippen molar-refractivity contribution in [3.05, 3.63) is 6.33 Å². The SMILES string of the molecule is COCCNc1ncnc(NCC2CCCO2)c1N. The molecule has 106 valence electrons. The molecule has 2 rings (SSSR count). The summed E-state index contributed by atoms with van der Waals surface area (Å²) in [5.74, 6) is 1.27. The smallest absolute Gasteiger partial charge is 0.154 e. The van der Waals surface area contributed by atoms with Gasteiger partial charge in [0.1, 0.15) is 12.0 Å². The number of hydrogen-bond acceptors (Lipinski definition) is 7. The highest BCUT2D eigenvalue weighted by Crippen LogP contribution is 2.22. The number of aromatic nitrogens is 2. The van der Waals surface area contributed by atoms with Crippen molar-refractivity contribution in [3.8, 4) is 0 Å². The highest BCUT2D eigenvalue weighted by molar-refractivity contribution is 5.73. The Hall–Kier alpha value is -1.60. The van der Waals surface area contributed by atoms with Crippen molar-refractivity contribution in [1.29, 1.82) is 0 Å². The first-order valence-corrected chi connectivity index (χ1v) is 6.50. The van der Waals surface area contributed by atoms with Crippen LogP contribution in [0.5, 0.6) is 0 Å². The Labute approximate surface area is 112 Å². The van der Waals surface area contributed by atoms with Crippen LogP contribution in [0.4, 0.5) is 17.3 Å². The van der Waals surface area contributed by atoms with E-state index in [0.29, 0.717) is 30.5 Å². The second-order valence-electron chi connectivity index (χ2n) is 4.42. The molecule has 0 aliphatic carbocycles. The highest BCUT2D eigenvalue weighted by atomic mass is 16.5. The molecule has 1 fully saturated rings. The molecular weight excluding hydrogens is 246 g/mol. The Balaban J connectivity index is 1.90. The minimum Gasteiger partial charge on any atom is -0.393 e. The van der Waals surface area contributed by atoms with E-state index in [9.17, 15) is 0 Å². The number of hydrogen-bond donors (Lipinski definition) is 3. The average molecular weight is 267 g/mol. The maximum Gasteiger partial charge on any atom is 0.154 e. The number of nitrogen functional groups attached to an aromatic ring is 1. The number of nitrogens with zero attached hydrogens (tertiary/aromatic N) is 2. The van der Waals surface area contributed by atoms with E-state index in [-0.39, 0.29) is 6.10 Å². The van der Waals surface area contributed by atoms with Gasteiger partial charge >= 0.3 is 0 Å². The molecule has 0 bridgehead atoms. The van der Waals surface area contributed by atoms with Crippen molar-refractivity contribution in [2.45, 2.75) is 18.9 Å². The lowest BCUT2D eigenvalue weighted by atomic mass is 10.2. The molecule has 19 heavy (non-hydrogen) atoms. The highest BCUT2D eigenvalue weighted by Gasteiger charge is 2.16. The first-order valence-electron chi connectivity index (χ1n) is 6.50. The van der Waals surface area contributed by atoms with Crippen LogP contribution in [0.2, 0.25) is 0 Å². The number of nitrogens with one attached hydrogen (secondary N) is 2. The summed E-state index contributed by atoms with van der Waals surface area (Å²) in [4.78, 5) is 8.27. The molecule has 0 aromatic carbocycles. The van der Waals surface area contributed by atoms with Gasteiger partial charge in [-0.15, -0.1) is 0 Å². The normalized spacial score (nSPS) is 18.5. The van der Waals surface area contributed by atoms with E-state index in [1.54, 1.807) is 7.11 Å². The van der Waals surface area contributed by atoms with Gasteiger partial charge in [-0.25, -0.2) is 9.97 Å². The van der Waals surface area contributed by atoms with Gasteiger partial charge in [0.25, 0.3) is 0 Å². The number of rotatable bonds is 7. The standard InChI is InChI=1S/C12H21N5O2/c1-18-6-4-14-11-10(13)12(17-8-16-11)15-7-9-3-2-5-19-9/h8-9H,2-7,13H2,1H3,(H2,14,15,16,17). The molecule has 1 aromatic rings. The number of methoxy groups -OCH3 is 1. The summed E-state index contributed by atoms with van der Waals surface area (Å²) in [5, 5.41) is 6.32. The van der Waals surface area contributed by atoms with E-state index in [4.69, 9.17) is 15.2 Å². The molecule has 0 spiro atoms. The average Bonchev–Trinajstić information content (AvgIpc) is 2.93. The minimum atomic E-state index is 0.249. The third kappa shape index (κ3) is 3.93. The predicted octanol–water partition coefficient (Wildman–Crippen LogP) is 0.708. The minimum absolute atomic E-state index is 0.249. The summed E-state index contributed by atoms with van der Waals surface area (Å²) < 4.78 is 10.5. The lowest BCUT2D eigenvalue weighted by molar-refractivity contribution is 0.120. The zero-order valence-corrected chi connectivity index (χ0v) is 11.2. The van der Waals surface area contributed by atoms with Crippen molar-refractivity contribution in [1.82, 2.24) is 9.97 Å². The van der Waals surface area contributed by atoms with Gasteiger partial charge in [0.15, 0.2) is 11.6 Å². The molecule has 1 aliphatic heterocycles. The van der Waals surface area contributed by atoms with Crippen LogP contribution in [0.25, 0.3) is 0 Å². The zero-order chi connectivity index (χ0) is 13.5. The Kier molecular flexibility index (Phi) is 5.17. The predicted molar refractivity (Wildman–Crippen MR) is 74.3 cm³/mol. The van der Waals surface area contributed by atoms with Gasteiger partial charge in [-0.1, -0.05) is 0 Å². The Morgan fingerprint density at radius 1 is 1.42 bits per heavy atom. The maximum atomic E-state index is 6.02. The maximum absolute atomic E-state index is 6.02. The first-order chi connectivity index (χ1) is 9.31. The zero-order valence-electron chi connectivity index (χ0n) is 11.2. The van der Waals surface area contributed by atoms with Crippen LogP contribution in [0.15, 0.2) is 6.33 Å². The number of nitrogens with two attached hydrogens (primary N) is 1. The van der Waals surface area contributed by atoms with E-state index >= 15 is 0 Å². The fourth-order valence-electron chi connectivity index (χ4n) is 1.96. The van der Waals surface area contributed by atoms with Gasteiger partial charge in [0, 0.05) is 26.8 Å². The van der Waals surface area contributed by atoms with Crippen LogP contribution >= 0.6 is 0 Å². The topological polar surface area (TPSA) is 94.3 Å². The van der Waals surface area contributed by atoms with Crippen molar-refractivity contribution < 1.29 is 9.47 Å². The Bertz CT molecular complexity index is 396. The van der Waals surface area contributed by atoms with E-state index in [1.165, 1.54) is 6.33 Å². The van der Waals surface area contributed by atoms with Crippen molar-refractivity contribution in [2.24, 2.45) is 0 Å². The van der Waals surface area contributed by atoms with Crippen LogP contribution in [-0.4, -0.2) is 49.5 Å². The van der Waals surface area contributed by atoms with Gasteiger partial charge in [-0.3, -0.25) is 0 Å². The summed E-state index contributed by atoms with van der Waals surface area (Å²) in [6, 6.07) is 0. The molecule has 2 heterocycles. The second kappa shape index (κ2) is 7.10. The molecule has 1 atom stereocenters. The molecule has 1 aliphatic rings. The van der Waals surface area contributed by atoms with Crippen LogP contribution in [0.1, 0.15) is 12.8 Å². The molecule has 1 saturated heterocycles. The molecule has 0 radical (unpaired) electrons. The summed E-state index contributed by atoms with van der Waals surface area (Å²) >= 11 is 0. The van der Waals surface area contributed by atoms with E-state index < -0.39 is 0 Å². The third-order valence-electron chi connectivity index (χ3n) is 3.00. The molecule has 0 saturated carbocycles. The Morgan fingerprint density at radius 2 is 2.21 bits per heavy atom. The lowest BCUT2D eigenvalue weighted by Crippen LogP contribution is -2.20. The fraction of sp³-hybridized carbons (Fsp3) is 0.667. The number of anilines is 3. The van der Waals surface area contributed by atoms with Crippen LogP contribution in [0, 0.1) is 0 Å². The molecule has 7 heteroatoms. The van der Waals surface area contributed by atoms with Crippen LogP contribution in [0.3, 0.4) is 0 Å². The molecule has 0 amide bonds. The lowest BCUT2D eigenvalue weighted by Gasteiger charge is -2.14. The summed E-state index contributed by atoms with van der Waals surface area (Å²) in [6.07, 6.45) is 3.94.